The average molecular weight is 438 g/mol. The number of nitrogens with zero attached hydrogens (tertiary/aromatic N) is 1. The fourth-order valence-corrected chi connectivity index (χ4v) is 3.38. The van der Waals surface area contributed by atoms with Gasteiger partial charge < -0.3 is 9.64 Å². The minimum atomic E-state index is -1.02. The second-order valence-electron chi connectivity index (χ2n) is 8.21. The number of amides is 1. The summed E-state index contributed by atoms with van der Waals surface area (Å²) in [6.45, 7) is 5.19. The Bertz CT molecular complexity index is 1130. The van der Waals surface area contributed by atoms with E-state index in [1.54, 1.807) is 45.0 Å². The van der Waals surface area contributed by atoms with E-state index in [4.69, 9.17) is 16.3 Å². The van der Waals surface area contributed by atoms with Crippen LogP contribution < -0.4 is 4.90 Å². The number of carbonyl (C=O) groups is 3. The van der Waals surface area contributed by atoms with Crippen LogP contribution in [-0.2, 0) is 25.7 Å². The number of hydrogen-bond acceptors (Lipinski definition) is 4. The molecule has 0 heterocycles. The number of ether oxygens (including phenoxy) is 1. The Morgan fingerprint density at radius 1 is 0.903 bits per heavy atom. The van der Waals surface area contributed by atoms with Gasteiger partial charge in [-0.1, -0.05) is 60.1 Å². The number of rotatable bonds is 6. The minimum Gasteiger partial charge on any atom is -0.454 e. The molecule has 0 aliphatic rings. The molecule has 0 N–H and O–H groups in total. The number of halogens is 1. The van der Waals surface area contributed by atoms with Gasteiger partial charge in [0.1, 0.15) is 5.60 Å². The first-order valence-corrected chi connectivity index (χ1v) is 10.3. The van der Waals surface area contributed by atoms with Gasteiger partial charge in [-0.15, -0.1) is 0 Å². The third-order valence-corrected chi connectivity index (χ3v) is 4.86. The van der Waals surface area contributed by atoms with Crippen molar-refractivity contribution >= 4 is 45.7 Å². The number of Topliss-reactive ketones (excluding diaryl/α,β-unsaturated/α-hetero) is 1. The highest BCUT2D eigenvalue weighted by molar-refractivity contribution is 6.38. The molecule has 3 aromatic rings. The van der Waals surface area contributed by atoms with Gasteiger partial charge in [0, 0.05) is 0 Å². The van der Waals surface area contributed by atoms with Crippen molar-refractivity contribution < 1.29 is 19.1 Å². The third kappa shape index (κ3) is 5.92. The summed E-state index contributed by atoms with van der Waals surface area (Å²) in [4.78, 5) is 38.9. The van der Waals surface area contributed by atoms with E-state index in [9.17, 15) is 14.4 Å². The van der Waals surface area contributed by atoms with Gasteiger partial charge in [-0.05, 0) is 55.3 Å². The predicted molar refractivity (Wildman–Crippen MR) is 122 cm³/mol. The van der Waals surface area contributed by atoms with Crippen molar-refractivity contribution in [1.82, 2.24) is 0 Å². The summed E-state index contributed by atoms with van der Waals surface area (Å²) in [5, 5.41) is 2.50. The lowest BCUT2D eigenvalue weighted by atomic mass is 10.1. The molecule has 0 bridgehead atoms. The Morgan fingerprint density at radius 3 is 2.23 bits per heavy atom. The molecule has 0 aromatic heterocycles. The number of benzene rings is 3. The Kier molecular flexibility index (Phi) is 6.76. The first-order chi connectivity index (χ1) is 14.6. The van der Waals surface area contributed by atoms with E-state index in [0.29, 0.717) is 10.7 Å². The summed E-state index contributed by atoms with van der Waals surface area (Å²) in [6.07, 6.45) is -0.603. The number of anilines is 1. The lowest BCUT2D eigenvalue weighted by molar-refractivity contribution is -0.163. The smallest absolute Gasteiger partial charge is 0.375 e. The van der Waals surface area contributed by atoms with Crippen LogP contribution in [0.5, 0.6) is 0 Å². The first kappa shape index (κ1) is 22.5. The Hall–Kier alpha value is -3.18. The van der Waals surface area contributed by atoms with Crippen LogP contribution in [0, 0.1) is 0 Å². The lowest BCUT2D eigenvalue weighted by Crippen LogP contribution is -2.36. The molecule has 0 aliphatic carbocycles. The molecule has 0 atom stereocenters. The summed E-state index contributed by atoms with van der Waals surface area (Å²) in [7, 11) is 0. The predicted octanol–water partition coefficient (Wildman–Crippen LogP) is 5.33. The van der Waals surface area contributed by atoms with Crippen LogP contribution in [0.25, 0.3) is 10.8 Å². The molecule has 3 aromatic carbocycles. The van der Waals surface area contributed by atoms with Gasteiger partial charge >= 0.3 is 5.97 Å². The normalized spacial score (nSPS) is 11.2. The molecular formula is C25H24ClNO4. The second-order valence-corrected chi connectivity index (χ2v) is 8.62. The zero-order valence-corrected chi connectivity index (χ0v) is 18.5. The van der Waals surface area contributed by atoms with Crippen molar-refractivity contribution in [3.63, 3.8) is 0 Å². The van der Waals surface area contributed by atoms with E-state index in [1.807, 2.05) is 42.5 Å². The zero-order valence-electron chi connectivity index (χ0n) is 17.7. The van der Waals surface area contributed by atoms with Gasteiger partial charge in [-0.3, -0.25) is 9.59 Å². The van der Waals surface area contributed by atoms with Crippen LogP contribution >= 0.6 is 11.6 Å². The SMILES string of the molecule is CC(C)(C)OC(=O)C(=O)CC(=O)N(Cc1ccc2ccccc2c1)c1ccccc1Cl. The van der Waals surface area contributed by atoms with E-state index in [1.165, 1.54) is 4.90 Å². The number of carbonyl (C=O) groups excluding carboxylic acids is 3. The standard InChI is InChI=1S/C25H24ClNO4/c1-25(2,3)31-24(30)22(28)15-23(29)27(21-11-7-6-10-20(21)26)16-17-12-13-18-8-4-5-9-19(18)14-17/h4-14H,15-16H2,1-3H3. The molecule has 0 saturated heterocycles. The van der Waals surface area contributed by atoms with Crippen molar-refractivity contribution in [2.75, 3.05) is 4.90 Å². The summed E-state index contributed by atoms with van der Waals surface area (Å²) >= 11 is 6.34. The van der Waals surface area contributed by atoms with Crippen LogP contribution in [0.4, 0.5) is 5.69 Å². The Morgan fingerprint density at radius 2 is 1.55 bits per heavy atom. The highest BCUT2D eigenvalue weighted by Crippen LogP contribution is 2.28. The number of esters is 1. The molecule has 0 aliphatic heterocycles. The first-order valence-electron chi connectivity index (χ1n) is 9.93. The molecule has 1 amide bonds. The van der Waals surface area contributed by atoms with Crippen LogP contribution in [0.3, 0.4) is 0 Å². The van der Waals surface area contributed by atoms with Gasteiger partial charge in [0.25, 0.3) is 0 Å². The van der Waals surface area contributed by atoms with Crippen molar-refractivity contribution in [1.29, 1.82) is 0 Å². The molecule has 3 rings (SSSR count). The number of ketones is 1. The quantitative estimate of drug-likeness (QED) is 0.297. The van der Waals surface area contributed by atoms with E-state index in [0.717, 1.165) is 16.3 Å². The van der Waals surface area contributed by atoms with Crippen molar-refractivity contribution in [2.24, 2.45) is 0 Å². The topological polar surface area (TPSA) is 63.7 Å². The van der Waals surface area contributed by atoms with Gasteiger partial charge in [0.15, 0.2) is 0 Å². The van der Waals surface area contributed by atoms with Crippen LogP contribution in [-0.4, -0.2) is 23.3 Å². The van der Waals surface area contributed by atoms with E-state index >= 15 is 0 Å². The van der Waals surface area contributed by atoms with Crippen LogP contribution in [0.1, 0.15) is 32.8 Å². The van der Waals surface area contributed by atoms with Gasteiger partial charge in [0.05, 0.1) is 23.7 Å². The van der Waals surface area contributed by atoms with Crippen molar-refractivity contribution in [2.45, 2.75) is 39.3 Å². The molecule has 0 fully saturated rings. The Balaban J connectivity index is 1.87. The average Bonchev–Trinajstić information content (AvgIpc) is 2.71. The molecule has 0 unspecified atom stereocenters. The van der Waals surface area contributed by atoms with E-state index < -0.39 is 29.7 Å². The molecule has 0 radical (unpaired) electrons. The van der Waals surface area contributed by atoms with Crippen molar-refractivity contribution in [3.8, 4) is 0 Å². The second kappa shape index (κ2) is 9.31. The highest BCUT2D eigenvalue weighted by atomic mass is 35.5. The highest BCUT2D eigenvalue weighted by Gasteiger charge is 2.28. The van der Waals surface area contributed by atoms with Gasteiger partial charge in [0.2, 0.25) is 11.7 Å². The lowest BCUT2D eigenvalue weighted by Gasteiger charge is -2.24. The van der Waals surface area contributed by atoms with Gasteiger partial charge in [-0.2, -0.15) is 0 Å². The monoisotopic (exact) mass is 437 g/mol. The molecule has 31 heavy (non-hydrogen) atoms. The molecule has 5 nitrogen and oxygen atoms in total. The van der Waals surface area contributed by atoms with Gasteiger partial charge in [-0.25, -0.2) is 4.79 Å². The van der Waals surface area contributed by atoms with Crippen LogP contribution in [0.2, 0.25) is 5.02 Å². The molecule has 0 saturated carbocycles. The fourth-order valence-electron chi connectivity index (χ4n) is 3.14. The van der Waals surface area contributed by atoms with E-state index in [-0.39, 0.29) is 6.54 Å². The number of fused-ring (bicyclic) bond motifs is 1. The maximum absolute atomic E-state index is 13.1. The maximum atomic E-state index is 13.1. The van der Waals surface area contributed by atoms with Crippen LogP contribution in [0.15, 0.2) is 66.7 Å². The summed E-state index contributed by atoms with van der Waals surface area (Å²) in [6, 6.07) is 20.7. The van der Waals surface area contributed by atoms with Crippen molar-refractivity contribution in [3.05, 3.63) is 77.3 Å². The number of hydrogen-bond donors (Lipinski definition) is 0. The summed E-state index contributed by atoms with van der Waals surface area (Å²) in [5.74, 6) is -2.45. The zero-order chi connectivity index (χ0) is 22.6. The summed E-state index contributed by atoms with van der Waals surface area (Å²) < 4.78 is 5.09. The number of para-hydroxylation sites is 1. The third-order valence-electron chi connectivity index (χ3n) is 4.54. The summed E-state index contributed by atoms with van der Waals surface area (Å²) in [5.41, 5.74) is 0.527. The largest absolute Gasteiger partial charge is 0.454 e. The molecule has 6 heteroatoms. The van der Waals surface area contributed by atoms with E-state index in [2.05, 4.69) is 0 Å². The molecular weight excluding hydrogens is 414 g/mol. The maximum Gasteiger partial charge on any atom is 0.375 e. The minimum absolute atomic E-state index is 0.203. The molecule has 160 valence electrons. The Labute approximate surface area is 186 Å². The fraction of sp³-hybridized carbons (Fsp3) is 0.240. The molecule has 0 spiro atoms.